The van der Waals surface area contributed by atoms with Crippen molar-refractivity contribution in [2.75, 3.05) is 44.6 Å². The second-order valence-corrected chi connectivity index (χ2v) is 10.7. The highest BCUT2D eigenvalue weighted by Crippen LogP contribution is 2.16. The van der Waals surface area contributed by atoms with Crippen LogP contribution in [0, 0.1) is 0 Å². The van der Waals surface area contributed by atoms with Gasteiger partial charge in [0, 0.05) is 56.9 Å². The molecule has 0 unspecified atom stereocenters. The van der Waals surface area contributed by atoms with Crippen LogP contribution >= 0.6 is 12.4 Å². The Labute approximate surface area is 229 Å². The maximum Gasteiger partial charge on any atom is 0.354 e. The number of rotatable bonds is 6. The molecule has 0 bridgehead atoms. The third-order valence-electron chi connectivity index (χ3n) is 6.79. The second-order valence-electron chi connectivity index (χ2n) is 10.7. The zero-order valence-corrected chi connectivity index (χ0v) is 23.0. The van der Waals surface area contributed by atoms with E-state index in [0.717, 1.165) is 43.7 Å². The number of urea groups is 1. The van der Waals surface area contributed by atoms with Crippen molar-refractivity contribution in [3.63, 3.8) is 0 Å². The van der Waals surface area contributed by atoms with Gasteiger partial charge in [-0.05, 0) is 63.5 Å². The molecule has 5 N–H and O–H groups in total. The van der Waals surface area contributed by atoms with Gasteiger partial charge in [0.15, 0.2) is 0 Å². The number of piperazine rings is 1. The summed E-state index contributed by atoms with van der Waals surface area (Å²) in [5.74, 6) is 0.178. The van der Waals surface area contributed by atoms with Crippen molar-refractivity contribution in [3.05, 3.63) is 52.6 Å². The van der Waals surface area contributed by atoms with Crippen LogP contribution < -0.4 is 22.5 Å². The molecule has 3 amide bonds. The third-order valence-corrected chi connectivity index (χ3v) is 6.79. The van der Waals surface area contributed by atoms with Gasteiger partial charge in [-0.3, -0.25) is 19.6 Å². The van der Waals surface area contributed by atoms with Crippen molar-refractivity contribution < 1.29 is 9.59 Å². The molecule has 208 valence electrons. The summed E-state index contributed by atoms with van der Waals surface area (Å²) in [5, 5.41) is 2.70. The minimum absolute atomic E-state index is 0. The second kappa shape index (κ2) is 12.7. The summed E-state index contributed by atoms with van der Waals surface area (Å²) in [6.07, 6.45) is 3.87. The number of halogens is 1. The lowest BCUT2D eigenvalue weighted by Crippen LogP contribution is -2.53. The van der Waals surface area contributed by atoms with E-state index in [9.17, 15) is 14.4 Å². The molecule has 2 aliphatic rings. The lowest BCUT2D eigenvalue weighted by atomic mass is 10.0. The van der Waals surface area contributed by atoms with Crippen molar-refractivity contribution >= 4 is 30.2 Å². The molecule has 0 radical (unpaired) electrons. The zero-order chi connectivity index (χ0) is 26.6. The molecular formula is C26H39ClN8O3. The van der Waals surface area contributed by atoms with Gasteiger partial charge >= 0.3 is 11.7 Å². The molecule has 0 saturated carbocycles. The summed E-state index contributed by atoms with van der Waals surface area (Å²) >= 11 is 0. The molecular weight excluding hydrogens is 508 g/mol. The predicted molar refractivity (Wildman–Crippen MR) is 150 cm³/mol. The Balaban J connectivity index is 0.00000400. The number of amides is 3. The molecule has 2 aliphatic heterocycles. The summed E-state index contributed by atoms with van der Waals surface area (Å²) in [7, 11) is 0. The minimum atomic E-state index is -0.569. The van der Waals surface area contributed by atoms with Gasteiger partial charge in [0.25, 0.3) is 0 Å². The molecule has 38 heavy (non-hydrogen) atoms. The molecule has 3 heterocycles. The Morgan fingerprint density at radius 3 is 2.34 bits per heavy atom. The SMILES string of the molecule is CC(C)(N)CC(=O)N1CCN(C(=O)Nc2ccn(-c3cccc(CN4CCC(N)CC4)c3)c(=O)n2)CC1.Cl. The number of carbonyl (C=O) groups excluding carboxylic acids is 2. The van der Waals surface area contributed by atoms with E-state index in [1.807, 2.05) is 32.0 Å². The molecule has 2 saturated heterocycles. The van der Waals surface area contributed by atoms with E-state index in [4.69, 9.17) is 11.5 Å². The number of nitrogens with zero attached hydrogens (tertiary/aromatic N) is 5. The van der Waals surface area contributed by atoms with Crippen LogP contribution in [0.5, 0.6) is 0 Å². The lowest BCUT2D eigenvalue weighted by Gasteiger charge is -2.35. The van der Waals surface area contributed by atoms with Gasteiger partial charge in [-0.15, -0.1) is 12.4 Å². The number of carbonyl (C=O) groups is 2. The number of anilines is 1. The maximum absolute atomic E-state index is 12.8. The number of aromatic nitrogens is 2. The fraction of sp³-hybridized carbons (Fsp3) is 0.538. The van der Waals surface area contributed by atoms with E-state index in [1.165, 1.54) is 4.57 Å². The highest BCUT2D eigenvalue weighted by atomic mass is 35.5. The first-order chi connectivity index (χ1) is 17.6. The molecule has 4 rings (SSSR count). The van der Waals surface area contributed by atoms with Crippen molar-refractivity contribution in [2.24, 2.45) is 11.5 Å². The van der Waals surface area contributed by atoms with Crippen molar-refractivity contribution in [2.45, 2.75) is 51.2 Å². The number of benzene rings is 1. The van der Waals surface area contributed by atoms with E-state index in [-0.39, 0.29) is 42.6 Å². The van der Waals surface area contributed by atoms with Gasteiger partial charge in [-0.1, -0.05) is 12.1 Å². The Kier molecular flexibility index (Phi) is 9.88. The standard InChI is InChI=1S/C26H38N8O3.ClH/c1-26(2,28)17-23(35)32-12-14-33(15-13-32)24(36)29-22-8-11-34(25(37)30-22)21-5-3-4-19(16-21)18-31-9-6-20(27)7-10-31;/h3-5,8,11,16,20H,6-7,9-10,12-15,17-18,27-28H2,1-2H3,(H,29,30,36,37);1H. The number of likely N-dealkylation sites (tertiary alicyclic amines) is 1. The largest absolute Gasteiger partial charge is 0.354 e. The Hall–Kier alpha value is -2.99. The normalized spacial score (nSPS) is 17.2. The maximum atomic E-state index is 12.8. The highest BCUT2D eigenvalue weighted by molar-refractivity contribution is 5.88. The fourth-order valence-electron chi connectivity index (χ4n) is 4.69. The van der Waals surface area contributed by atoms with E-state index >= 15 is 0 Å². The average Bonchev–Trinajstić information content (AvgIpc) is 2.85. The quantitative estimate of drug-likeness (QED) is 0.496. The molecule has 11 nitrogen and oxygen atoms in total. The monoisotopic (exact) mass is 546 g/mol. The first-order valence-electron chi connectivity index (χ1n) is 12.9. The first-order valence-corrected chi connectivity index (χ1v) is 12.9. The van der Waals surface area contributed by atoms with Gasteiger partial charge in [-0.2, -0.15) is 4.98 Å². The number of piperidine rings is 1. The average molecular weight is 547 g/mol. The van der Waals surface area contributed by atoms with Gasteiger partial charge in [0.1, 0.15) is 5.82 Å². The number of hydrogen-bond acceptors (Lipinski definition) is 7. The van der Waals surface area contributed by atoms with Gasteiger partial charge in [0.05, 0.1) is 5.69 Å². The van der Waals surface area contributed by atoms with Crippen LogP contribution in [0.25, 0.3) is 5.69 Å². The van der Waals surface area contributed by atoms with Crippen LogP contribution in [0.1, 0.15) is 38.7 Å². The molecule has 2 aromatic rings. The van der Waals surface area contributed by atoms with Crippen LogP contribution in [0.3, 0.4) is 0 Å². The van der Waals surface area contributed by atoms with E-state index < -0.39 is 11.2 Å². The summed E-state index contributed by atoms with van der Waals surface area (Å²) in [5.41, 5.74) is 12.8. The summed E-state index contributed by atoms with van der Waals surface area (Å²) < 4.78 is 1.47. The Morgan fingerprint density at radius 1 is 1.05 bits per heavy atom. The van der Waals surface area contributed by atoms with Crippen LogP contribution in [0.2, 0.25) is 0 Å². The molecule has 1 aromatic heterocycles. The van der Waals surface area contributed by atoms with Gasteiger partial charge < -0.3 is 21.3 Å². The topological polar surface area (TPSA) is 143 Å². The third kappa shape index (κ3) is 8.00. The molecule has 0 aliphatic carbocycles. The summed E-state index contributed by atoms with van der Waals surface area (Å²) in [6, 6.07) is 9.39. The van der Waals surface area contributed by atoms with Crippen molar-refractivity contribution in [1.29, 1.82) is 0 Å². The smallest absolute Gasteiger partial charge is 0.339 e. The van der Waals surface area contributed by atoms with Gasteiger partial charge in [-0.25, -0.2) is 9.59 Å². The minimum Gasteiger partial charge on any atom is -0.339 e. The Morgan fingerprint density at radius 2 is 1.71 bits per heavy atom. The van der Waals surface area contributed by atoms with Crippen LogP contribution in [0.4, 0.5) is 10.6 Å². The van der Waals surface area contributed by atoms with E-state index in [1.54, 1.807) is 22.1 Å². The van der Waals surface area contributed by atoms with E-state index in [0.29, 0.717) is 26.2 Å². The first kappa shape index (κ1) is 29.6. The predicted octanol–water partition coefficient (Wildman–Crippen LogP) is 1.38. The lowest BCUT2D eigenvalue weighted by molar-refractivity contribution is -0.133. The van der Waals surface area contributed by atoms with Crippen LogP contribution in [-0.2, 0) is 11.3 Å². The Bertz CT molecular complexity index is 1170. The highest BCUT2D eigenvalue weighted by Gasteiger charge is 2.27. The molecule has 1 aromatic carbocycles. The molecule has 12 heteroatoms. The zero-order valence-electron chi connectivity index (χ0n) is 22.1. The molecule has 0 spiro atoms. The van der Waals surface area contributed by atoms with Crippen molar-refractivity contribution in [1.82, 2.24) is 24.3 Å². The van der Waals surface area contributed by atoms with Gasteiger partial charge in [0.2, 0.25) is 5.91 Å². The number of nitrogens with two attached hydrogens (primary N) is 2. The van der Waals surface area contributed by atoms with Crippen LogP contribution in [-0.4, -0.2) is 87.0 Å². The van der Waals surface area contributed by atoms with Crippen molar-refractivity contribution in [3.8, 4) is 5.69 Å². The van der Waals surface area contributed by atoms with Crippen LogP contribution in [0.15, 0.2) is 41.3 Å². The summed E-state index contributed by atoms with van der Waals surface area (Å²) in [4.78, 5) is 47.7. The number of nitrogens with one attached hydrogen (secondary N) is 1. The molecule has 2 fully saturated rings. The van der Waals surface area contributed by atoms with E-state index in [2.05, 4.69) is 21.3 Å². The number of hydrogen-bond donors (Lipinski definition) is 3. The molecule has 0 atom stereocenters. The fourth-order valence-corrected chi connectivity index (χ4v) is 4.69. The summed E-state index contributed by atoms with van der Waals surface area (Å²) in [6.45, 7) is 8.06.